The number of rotatable bonds is 18. The van der Waals surface area contributed by atoms with E-state index < -0.39 is 23.7 Å². The molecule has 89 heavy (non-hydrogen) atoms. The van der Waals surface area contributed by atoms with Gasteiger partial charge in [0, 0.05) is 90.3 Å². The maximum atomic E-state index is 11.5. The van der Waals surface area contributed by atoms with Gasteiger partial charge < -0.3 is 71.1 Å². The third-order valence-corrected chi connectivity index (χ3v) is 11.7. The average molecular weight is 1290 g/mol. The molecule has 0 N–H and O–H groups in total. The van der Waals surface area contributed by atoms with Crippen LogP contribution in [0.2, 0.25) is 0 Å². The van der Waals surface area contributed by atoms with Gasteiger partial charge in [-0.05, 0) is 58.4 Å². The molecular weight excluding hydrogens is 1180 g/mol. The highest BCUT2D eigenvalue weighted by Gasteiger charge is 2.44. The van der Waals surface area contributed by atoms with Gasteiger partial charge in [0.1, 0.15) is 17.3 Å². The Morgan fingerprint density at radius 2 is 1.18 bits per heavy atom. The molecule has 1 aliphatic carbocycles. The quantitative estimate of drug-likeness (QED) is 0.0235. The van der Waals surface area contributed by atoms with E-state index in [4.69, 9.17) is 47.4 Å². The van der Waals surface area contributed by atoms with E-state index in [9.17, 15) is 41.9 Å². The lowest BCUT2D eigenvalue weighted by molar-refractivity contribution is -0.148. The van der Waals surface area contributed by atoms with Crippen LogP contribution in [0.25, 0.3) is 0 Å². The maximum Gasteiger partial charge on any atom is 0.422 e. The molecule has 7 aliphatic heterocycles. The lowest BCUT2D eigenvalue weighted by Crippen LogP contribution is -2.43. The van der Waals surface area contributed by atoms with E-state index in [0.717, 1.165) is 96.7 Å². The topological polar surface area (TPSA) is 257 Å². The number of esters is 3. The van der Waals surface area contributed by atoms with Gasteiger partial charge in [0.15, 0.2) is 5.78 Å². The summed E-state index contributed by atoms with van der Waals surface area (Å²) >= 11 is 0. The van der Waals surface area contributed by atoms with Crippen molar-refractivity contribution in [3.63, 3.8) is 0 Å². The van der Waals surface area contributed by atoms with Gasteiger partial charge in [0.2, 0.25) is 0 Å². The first kappa shape index (κ1) is 92.3. The molecule has 0 aromatic heterocycles. The molecule has 518 valence electrons. The van der Waals surface area contributed by atoms with Crippen molar-refractivity contribution in [3.8, 4) is 0 Å². The first-order chi connectivity index (χ1) is 41.8. The Hall–Kier alpha value is -5.45. The highest BCUT2D eigenvalue weighted by molar-refractivity contribution is 6.12. The van der Waals surface area contributed by atoms with Gasteiger partial charge in [0.25, 0.3) is 11.8 Å². The molecule has 22 nitrogen and oxygen atoms in total. The van der Waals surface area contributed by atoms with E-state index in [1.165, 1.54) is 77.9 Å². The lowest BCUT2D eigenvalue weighted by Gasteiger charge is -2.37. The number of carbonyl (C=O) groups is 6. The molecular formula is C64H110F3NO21. The van der Waals surface area contributed by atoms with Crippen molar-refractivity contribution in [2.45, 2.75) is 123 Å². The molecule has 6 saturated heterocycles. The summed E-state index contributed by atoms with van der Waals surface area (Å²) in [5.74, 6) is -1.80. The van der Waals surface area contributed by atoms with Crippen molar-refractivity contribution in [2.75, 3.05) is 150 Å². The van der Waals surface area contributed by atoms with Crippen molar-refractivity contribution in [3.05, 3.63) is 87.3 Å². The fourth-order valence-electron chi connectivity index (χ4n) is 6.15. The minimum Gasteiger partial charge on any atom is -0.505 e. The number of epoxide rings is 4. The fourth-order valence-corrected chi connectivity index (χ4v) is 6.15. The molecule has 0 aromatic carbocycles. The summed E-state index contributed by atoms with van der Waals surface area (Å²) in [6.07, 6.45) is 12.6. The second-order valence-corrected chi connectivity index (χ2v) is 21.1. The first-order valence-electron chi connectivity index (χ1n) is 28.6. The van der Waals surface area contributed by atoms with Crippen LogP contribution in [-0.2, 0) is 99.8 Å². The molecule has 0 bridgehead atoms. The lowest BCUT2D eigenvalue weighted by atomic mass is 9.84. The SMILES string of the molecule is C=C(C(=O)OC)C(F)(F)F.C=C(C)C(=O)OC.C=CC(=O)CC.C=CC(=O)OC.C=CCOC.C=COC.CC1CO1.CCCC1(C)COC1.CN1C(=O)C=CC1=O.COCC1(C)CO1.COCC1(C)COC1.COCC1CCC2OC2C1.COCC1CO1. The highest BCUT2D eigenvalue weighted by Crippen LogP contribution is 2.39. The molecule has 2 amide bonds. The Morgan fingerprint density at radius 1 is 0.697 bits per heavy atom. The van der Waals surface area contributed by atoms with Gasteiger partial charge in [-0.25, -0.2) is 14.4 Å². The van der Waals surface area contributed by atoms with E-state index in [1.807, 2.05) is 13.8 Å². The third-order valence-electron chi connectivity index (χ3n) is 11.7. The van der Waals surface area contributed by atoms with E-state index in [0.29, 0.717) is 53.8 Å². The molecule has 8 aliphatic rings. The number of imide groups is 1. The number of fused-ring (bicyclic) bond motifs is 1. The number of hydrogen-bond donors (Lipinski definition) is 0. The number of halogens is 3. The predicted molar refractivity (Wildman–Crippen MR) is 334 cm³/mol. The van der Waals surface area contributed by atoms with Gasteiger partial charge in [-0.1, -0.05) is 73.1 Å². The maximum absolute atomic E-state index is 11.5. The molecule has 7 fully saturated rings. The van der Waals surface area contributed by atoms with Crippen LogP contribution in [0.15, 0.2) is 87.3 Å². The zero-order valence-electron chi connectivity index (χ0n) is 56.5. The van der Waals surface area contributed by atoms with Crippen LogP contribution in [0.5, 0.6) is 0 Å². The zero-order valence-corrected chi connectivity index (χ0v) is 56.5. The number of ketones is 1. The summed E-state index contributed by atoms with van der Waals surface area (Å²) < 4.78 is 105. The number of ether oxygens (including phenoxy) is 15. The molecule has 1 saturated carbocycles. The van der Waals surface area contributed by atoms with Crippen molar-refractivity contribution in [1.29, 1.82) is 0 Å². The van der Waals surface area contributed by atoms with E-state index in [1.54, 1.807) is 55.7 Å². The highest BCUT2D eigenvalue weighted by atomic mass is 19.4. The van der Waals surface area contributed by atoms with Gasteiger partial charge in [0.05, 0.1) is 126 Å². The molecule has 6 atom stereocenters. The fraction of sp³-hybridized carbons (Fsp3) is 0.688. The number of methoxy groups -OCH3 is 9. The monoisotopic (exact) mass is 1290 g/mol. The number of hydrogen-bond acceptors (Lipinski definition) is 21. The standard InChI is InChI=1S/C8H14O2.C7H14O.C6H12O2.C5H5F3O2.C5H5NO2.C5H10O2.C5H8O2.C5H8O.C4H8O2.C4H6O2.C4H8O.2C3H6O/c1-9-5-6-2-3-7-8(4-6)10-7;1-3-4-7(2)5-8-6-7;1-6(3-7-2)4-8-5-6;1-3(4(9)10-2)5(6,7)8;1-6-4(7)2-3-5(6)8;1-5(3-6-2)4-7-5;1-4(2)5(6)7-3;1-3-5(6)4-2;1-5-2-4-3-6-4;1-3-4(5)6-2;1-3-4-5-2;1-3-2-4-3;1-3-4-2/h6-8H,2-5H2,1H3;3-6H2,1-2H3;3-5H2,1-2H3;1H2,2H3;2-3H,1H3;3-4H2,1-2H3;1H2,2-3H3;3H,1,4H2,2H3;4H,2-3H2,1H3;3H,1H2,2H3;3H,1,4H2,2H3;3H,2H2,1H3;3H,1H2,2H3. The minimum atomic E-state index is -4.69. The minimum absolute atomic E-state index is 0.0781. The van der Waals surface area contributed by atoms with Crippen molar-refractivity contribution < 1.29 is 113 Å². The van der Waals surface area contributed by atoms with Crippen LogP contribution in [0.3, 0.4) is 0 Å². The number of allylic oxidation sites excluding steroid dienone is 1. The van der Waals surface area contributed by atoms with Crippen molar-refractivity contribution in [1.82, 2.24) is 4.90 Å². The van der Waals surface area contributed by atoms with Crippen LogP contribution in [0, 0.1) is 16.7 Å². The number of amides is 2. The molecule has 0 spiro atoms. The molecule has 0 radical (unpaired) electrons. The summed E-state index contributed by atoms with van der Waals surface area (Å²) in [4.78, 5) is 62.1. The van der Waals surface area contributed by atoms with Crippen LogP contribution in [0.1, 0.15) is 87.0 Å². The largest absolute Gasteiger partial charge is 0.505 e. The van der Waals surface area contributed by atoms with Crippen LogP contribution >= 0.6 is 0 Å². The summed E-state index contributed by atoms with van der Waals surface area (Å²) in [6, 6.07) is 0. The molecule has 0 aromatic rings. The normalized spacial score (nSPS) is 21.4. The number of carbonyl (C=O) groups excluding carboxylic acids is 6. The summed E-state index contributed by atoms with van der Waals surface area (Å²) in [5.41, 5.74) is -0.101. The first-order valence-corrected chi connectivity index (χ1v) is 28.6. The van der Waals surface area contributed by atoms with Crippen LogP contribution in [-0.4, -0.2) is 227 Å². The summed E-state index contributed by atoms with van der Waals surface area (Å²) in [5, 5.41) is 0. The molecule has 7 heterocycles. The second kappa shape index (κ2) is 55.4. The summed E-state index contributed by atoms with van der Waals surface area (Å²) in [6.45, 7) is 43.5. The van der Waals surface area contributed by atoms with Gasteiger partial charge in [-0.15, -0.1) is 6.58 Å². The van der Waals surface area contributed by atoms with E-state index in [2.05, 4.69) is 90.9 Å². The number of likely N-dealkylation sites (N-methyl/N-ethyl adjacent to an activating group) is 1. The smallest absolute Gasteiger partial charge is 0.422 e. The Kier molecular flexibility index (Phi) is 57.4. The third kappa shape index (κ3) is 57.5. The van der Waals surface area contributed by atoms with E-state index >= 15 is 0 Å². The molecule has 8 rings (SSSR count). The molecule has 25 heteroatoms. The average Bonchev–Trinajstić information content (AvgIpc) is 3.61. The summed E-state index contributed by atoms with van der Waals surface area (Å²) in [7, 11) is 15.0. The van der Waals surface area contributed by atoms with E-state index in [-0.39, 0.29) is 29.2 Å². The Bertz CT molecular complexity index is 1950. The predicted octanol–water partition coefficient (Wildman–Crippen LogP) is 9.20. The Labute approximate surface area is 529 Å². The number of nitrogens with zero attached hydrogens (tertiary/aromatic N) is 1. The van der Waals surface area contributed by atoms with Crippen LogP contribution < -0.4 is 0 Å². The zero-order chi connectivity index (χ0) is 69.7. The van der Waals surface area contributed by atoms with Gasteiger partial charge >= 0.3 is 24.1 Å². The van der Waals surface area contributed by atoms with Crippen molar-refractivity contribution in [2.24, 2.45) is 16.7 Å². The van der Waals surface area contributed by atoms with Crippen LogP contribution in [0.4, 0.5) is 13.2 Å². The Morgan fingerprint density at radius 3 is 1.33 bits per heavy atom. The van der Waals surface area contributed by atoms with Gasteiger partial charge in [-0.3, -0.25) is 19.3 Å². The molecule has 6 unspecified atom stereocenters. The second-order valence-electron chi connectivity index (χ2n) is 21.1. The number of alkyl halides is 3. The Balaban J connectivity index is -0.000000289. The van der Waals surface area contributed by atoms with Gasteiger partial charge in [-0.2, -0.15) is 13.2 Å². The van der Waals surface area contributed by atoms with Crippen molar-refractivity contribution >= 4 is 35.5 Å².